The molecule has 3 N–H and O–H groups in total. The van der Waals surface area contributed by atoms with Crippen molar-refractivity contribution in [1.82, 2.24) is 10.6 Å². The van der Waals surface area contributed by atoms with Crippen molar-refractivity contribution in [3.05, 3.63) is 0 Å². The second kappa shape index (κ2) is 5.15. The molecule has 1 rings (SSSR count). The zero-order valence-corrected chi connectivity index (χ0v) is 10.6. The highest BCUT2D eigenvalue weighted by Gasteiger charge is 2.40. The molecule has 0 saturated carbocycles. The maximum Gasteiger partial charge on any atom is 0.240 e. The number of aliphatic hydroxyl groups is 1. The minimum absolute atomic E-state index is 0.0361. The quantitative estimate of drug-likeness (QED) is 0.652. The van der Waals surface area contributed by atoms with Crippen LogP contribution in [0.4, 0.5) is 0 Å². The standard InChI is InChI=1S/C12H24N2O2/c1-4-6-12(7-5-8-14-12)10(15)13-9-11(2,3)16/h14,16H,4-9H2,1-3H3,(H,13,15). The average Bonchev–Trinajstić information content (AvgIpc) is 2.63. The summed E-state index contributed by atoms with van der Waals surface area (Å²) < 4.78 is 0. The highest BCUT2D eigenvalue weighted by Crippen LogP contribution is 2.24. The first-order valence-electron chi connectivity index (χ1n) is 6.15. The summed E-state index contributed by atoms with van der Waals surface area (Å²) >= 11 is 0. The van der Waals surface area contributed by atoms with Crippen molar-refractivity contribution >= 4 is 5.91 Å². The van der Waals surface area contributed by atoms with Crippen molar-refractivity contribution < 1.29 is 9.90 Å². The summed E-state index contributed by atoms with van der Waals surface area (Å²) in [6.45, 7) is 6.70. The molecule has 4 heteroatoms. The van der Waals surface area contributed by atoms with Crippen molar-refractivity contribution in [2.45, 2.75) is 57.6 Å². The Kier molecular flexibility index (Phi) is 4.33. The lowest BCUT2D eigenvalue weighted by Crippen LogP contribution is -2.55. The van der Waals surface area contributed by atoms with Gasteiger partial charge < -0.3 is 15.7 Å². The van der Waals surface area contributed by atoms with Gasteiger partial charge >= 0.3 is 0 Å². The van der Waals surface area contributed by atoms with Crippen LogP contribution in [0.15, 0.2) is 0 Å². The summed E-state index contributed by atoms with van der Waals surface area (Å²) in [5.41, 5.74) is -1.23. The van der Waals surface area contributed by atoms with E-state index in [1.54, 1.807) is 13.8 Å². The van der Waals surface area contributed by atoms with Crippen molar-refractivity contribution in [3.63, 3.8) is 0 Å². The maximum atomic E-state index is 12.1. The minimum Gasteiger partial charge on any atom is -0.389 e. The second-order valence-electron chi connectivity index (χ2n) is 5.36. The first kappa shape index (κ1) is 13.5. The van der Waals surface area contributed by atoms with Crippen LogP contribution in [0.5, 0.6) is 0 Å². The zero-order valence-electron chi connectivity index (χ0n) is 10.6. The van der Waals surface area contributed by atoms with Gasteiger partial charge in [0.1, 0.15) is 0 Å². The highest BCUT2D eigenvalue weighted by molar-refractivity contribution is 5.86. The lowest BCUT2D eigenvalue weighted by atomic mass is 9.90. The first-order valence-corrected chi connectivity index (χ1v) is 6.15. The number of carbonyl (C=O) groups is 1. The van der Waals surface area contributed by atoms with E-state index in [2.05, 4.69) is 17.6 Å². The lowest BCUT2D eigenvalue weighted by Gasteiger charge is -2.29. The highest BCUT2D eigenvalue weighted by atomic mass is 16.3. The molecule has 1 heterocycles. The minimum atomic E-state index is -0.846. The Bertz CT molecular complexity index is 240. The van der Waals surface area contributed by atoms with Crippen molar-refractivity contribution in [2.24, 2.45) is 0 Å². The summed E-state index contributed by atoms with van der Waals surface area (Å²) in [5, 5.41) is 15.7. The molecule has 0 radical (unpaired) electrons. The molecule has 94 valence electrons. The van der Waals surface area contributed by atoms with E-state index in [0.29, 0.717) is 6.54 Å². The van der Waals surface area contributed by atoms with Crippen LogP contribution in [0.25, 0.3) is 0 Å². The molecule has 0 aromatic rings. The normalized spacial score (nSPS) is 25.8. The van der Waals surface area contributed by atoms with Gasteiger partial charge in [-0.05, 0) is 39.7 Å². The molecule has 1 fully saturated rings. The van der Waals surface area contributed by atoms with Crippen molar-refractivity contribution in [1.29, 1.82) is 0 Å². The third kappa shape index (κ3) is 3.46. The van der Waals surface area contributed by atoms with E-state index in [0.717, 1.165) is 32.2 Å². The third-order valence-corrected chi connectivity index (χ3v) is 3.04. The van der Waals surface area contributed by atoms with E-state index in [1.165, 1.54) is 0 Å². The van der Waals surface area contributed by atoms with Crippen LogP contribution in [0.3, 0.4) is 0 Å². The Balaban J connectivity index is 2.55. The van der Waals surface area contributed by atoms with E-state index < -0.39 is 5.60 Å². The fourth-order valence-electron chi connectivity index (χ4n) is 2.22. The van der Waals surface area contributed by atoms with Gasteiger partial charge in [-0.15, -0.1) is 0 Å². The Morgan fingerprint density at radius 2 is 2.25 bits per heavy atom. The van der Waals surface area contributed by atoms with Crippen LogP contribution in [0.2, 0.25) is 0 Å². The number of amides is 1. The van der Waals surface area contributed by atoms with E-state index in [-0.39, 0.29) is 11.4 Å². The number of hydrogen-bond acceptors (Lipinski definition) is 3. The van der Waals surface area contributed by atoms with Gasteiger partial charge in [-0.3, -0.25) is 4.79 Å². The van der Waals surface area contributed by atoms with Crippen LogP contribution in [-0.2, 0) is 4.79 Å². The maximum absolute atomic E-state index is 12.1. The number of hydrogen-bond donors (Lipinski definition) is 3. The number of nitrogens with one attached hydrogen (secondary N) is 2. The first-order chi connectivity index (χ1) is 7.40. The van der Waals surface area contributed by atoms with Gasteiger partial charge in [-0.25, -0.2) is 0 Å². The molecule has 1 atom stereocenters. The van der Waals surface area contributed by atoms with Gasteiger partial charge in [-0.2, -0.15) is 0 Å². The summed E-state index contributed by atoms with van der Waals surface area (Å²) in [7, 11) is 0. The second-order valence-corrected chi connectivity index (χ2v) is 5.36. The molecule has 16 heavy (non-hydrogen) atoms. The van der Waals surface area contributed by atoms with Crippen molar-refractivity contribution in [3.8, 4) is 0 Å². The monoisotopic (exact) mass is 228 g/mol. The molecule has 0 aliphatic carbocycles. The van der Waals surface area contributed by atoms with E-state index in [4.69, 9.17) is 0 Å². The summed E-state index contributed by atoms with van der Waals surface area (Å²) in [5.74, 6) is 0.0361. The van der Waals surface area contributed by atoms with Gasteiger partial charge in [-0.1, -0.05) is 13.3 Å². The molecule has 1 saturated heterocycles. The fraction of sp³-hybridized carbons (Fsp3) is 0.917. The van der Waals surface area contributed by atoms with Gasteiger partial charge in [0, 0.05) is 6.54 Å². The molecular weight excluding hydrogens is 204 g/mol. The molecule has 1 amide bonds. The van der Waals surface area contributed by atoms with E-state index in [9.17, 15) is 9.90 Å². The van der Waals surface area contributed by atoms with Gasteiger partial charge in [0.05, 0.1) is 11.1 Å². The predicted molar refractivity (Wildman–Crippen MR) is 64.2 cm³/mol. The topological polar surface area (TPSA) is 61.4 Å². The zero-order chi connectivity index (χ0) is 12.2. The Hall–Kier alpha value is -0.610. The smallest absolute Gasteiger partial charge is 0.240 e. The molecule has 1 unspecified atom stereocenters. The number of rotatable bonds is 5. The average molecular weight is 228 g/mol. The molecular formula is C12H24N2O2. The molecule has 0 aromatic heterocycles. The fourth-order valence-corrected chi connectivity index (χ4v) is 2.22. The van der Waals surface area contributed by atoms with Gasteiger partial charge in [0.25, 0.3) is 0 Å². The largest absolute Gasteiger partial charge is 0.389 e. The van der Waals surface area contributed by atoms with Crippen LogP contribution >= 0.6 is 0 Å². The molecule has 0 spiro atoms. The predicted octanol–water partition coefficient (Wildman–Crippen LogP) is 0.796. The molecule has 1 aliphatic rings. The third-order valence-electron chi connectivity index (χ3n) is 3.04. The summed E-state index contributed by atoms with van der Waals surface area (Å²) in [6, 6.07) is 0. The van der Waals surface area contributed by atoms with Crippen LogP contribution in [-0.4, -0.2) is 35.2 Å². The SMILES string of the molecule is CCCC1(C(=O)NCC(C)(C)O)CCCN1. The molecule has 0 aromatic carbocycles. The number of carbonyl (C=O) groups excluding carboxylic acids is 1. The lowest BCUT2D eigenvalue weighted by molar-refractivity contribution is -0.128. The molecule has 4 nitrogen and oxygen atoms in total. The Labute approximate surface area is 97.8 Å². The van der Waals surface area contributed by atoms with E-state index >= 15 is 0 Å². The van der Waals surface area contributed by atoms with Crippen molar-refractivity contribution in [2.75, 3.05) is 13.1 Å². The molecule has 1 aliphatic heterocycles. The Morgan fingerprint density at radius 3 is 2.69 bits per heavy atom. The summed E-state index contributed by atoms with van der Waals surface area (Å²) in [4.78, 5) is 12.1. The summed E-state index contributed by atoms with van der Waals surface area (Å²) in [6.07, 6.45) is 3.81. The van der Waals surface area contributed by atoms with Crippen LogP contribution in [0.1, 0.15) is 46.5 Å². The van der Waals surface area contributed by atoms with Crippen LogP contribution in [0, 0.1) is 0 Å². The van der Waals surface area contributed by atoms with Gasteiger partial charge in [0.15, 0.2) is 0 Å². The Morgan fingerprint density at radius 1 is 1.56 bits per heavy atom. The van der Waals surface area contributed by atoms with Gasteiger partial charge in [0.2, 0.25) is 5.91 Å². The van der Waals surface area contributed by atoms with Crippen LogP contribution < -0.4 is 10.6 Å². The molecule has 0 bridgehead atoms. The van der Waals surface area contributed by atoms with E-state index in [1.807, 2.05) is 0 Å².